The average molecular weight is 503 g/mol. The molecule has 12 nitrogen and oxygen atoms in total. The van der Waals surface area contributed by atoms with E-state index in [-0.39, 0.29) is 38.0 Å². The van der Waals surface area contributed by atoms with Crippen molar-refractivity contribution in [1.29, 1.82) is 0 Å². The lowest BCUT2D eigenvalue weighted by molar-refractivity contribution is -0.302. The van der Waals surface area contributed by atoms with Crippen molar-refractivity contribution in [3.63, 3.8) is 0 Å². The predicted octanol–water partition coefficient (Wildman–Crippen LogP) is -1.16. The van der Waals surface area contributed by atoms with Crippen molar-refractivity contribution in [1.82, 2.24) is 4.98 Å². The first-order chi connectivity index (χ1) is 16.2. The van der Waals surface area contributed by atoms with Crippen LogP contribution in [0.5, 0.6) is 11.5 Å². The molecule has 3 rings (SSSR count). The molecule has 2 unspecified atom stereocenters. The normalized spacial score (nSPS) is 31.4. The quantitative estimate of drug-likeness (QED) is 0.229. The number of hydrogen-bond acceptors (Lipinski definition) is 13. The lowest BCUT2D eigenvalue weighted by Crippen LogP contribution is -2.59. The minimum atomic E-state index is -1.50. The molecule has 190 valence electrons. The van der Waals surface area contributed by atoms with Crippen LogP contribution in [-0.4, -0.2) is 116 Å². The Balaban J connectivity index is 1.37. The predicted molar refractivity (Wildman–Crippen MR) is 120 cm³/mol. The molecule has 0 bridgehead atoms. The lowest BCUT2D eigenvalue weighted by atomic mass is 9.99. The Morgan fingerprint density at radius 2 is 1.94 bits per heavy atom. The lowest BCUT2D eigenvalue weighted by Gasteiger charge is -2.39. The topological polar surface area (TPSA) is 180 Å². The van der Waals surface area contributed by atoms with Crippen molar-refractivity contribution in [2.45, 2.75) is 50.1 Å². The molecule has 34 heavy (non-hydrogen) atoms. The van der Waals surface area contributed by atoms with E-state index in [1.54, 1.807) is 6.92 Å². The fourth-order valence-electron chi connectivity index (χ4n) is 3.23. The van der Waals surface area contributed by atoms with E-state index in [1.807, 2.05) is 0 Å². The largest absolute Gasteiger partial charge is 0.505 e. The number of carbonyl (C=O) groups is 1. The second-order valence-corrected chi connectivity index (χ2v) is 9.07. The molecule has 1 saturated heterocycles. The minimum absolute atomic E-state index is 0.0265. The van der Waals surface area contributed by atoms with Crippen molar-refractivity contribution in [2.24, 2.45) is 4.99 Å². The van der Waals surface area contributed by atoms with Crippen LogP contribution in [0.3, 0.4) is 0 Å². The van der Waals surface area contributed by atoms with Crippen LogP contribution >= 0.6 is 11.8 Å². The van der Waals surface area contributed by atoms with Gasteiger partial charge in [0.05, 0.1) is 32.6 Å². The molecule has 5 N–H and O–H groups in total. The van der Waals surface area contributed by atoms with Crippen molar-refractivity contribution >= 4 is 22.6 Å². The van der Waals surface area contributed by atoms with E-state index in [0.717, 1.165) is 0 Å². The molecule has 2 aliphatic rings. The summed E-state index contributed by atoms with van der Waals surface area (Å²) in [5, 5.41) is 49.3. The third kappa shape index (κ3) is 6.23. The van der Waals surface area contributed by atoms with Gasteiger partial charge in [-0.05, 0) is 13.8 Å². The highest BCUT2D eigenvalue weighted by atomic mass is 32.2. The van der Waals surface area contributed by atoms with E-state index in [0.29, 0.717) is 22.2 Å². The number of pyridine rings is 1. The number of carbonyl (C=O) groups excluding carboxylic acids is 1. The number of nitrogens with zero attached hydrogens (tertiary/aromatic N) is 2. The Bertz CT molecular complexity index is 885. The Morgan fingerprint density at radius 3 is 2.59 bits per heavy atom. The highest BCUT2D eigenvalue weighted by Crippen LogP contribution is 2.34. The van der Waals surface area contributed by atoms with Gasteiger partial charge in [0.1, 0.15) is 58.8 Å². The third-order valence-electron chi connectivity index (χ3n) is 5.50. The molecule has 0 radical (unpaired) electrons. The Labute approximate surface area is 200 Å². The molecule has 3 heterocycles. The summed E-state index contributed by atoms with van der Waals surface area (Å²) >= 11 is 1.36. The summed E-state index contributed by atoms with van der Waals surface area (Å²) in [4.78, 5) is 20.4. The molecule has 0 spiro atoms. The third-order valence-corrected chi connectivity index (χ3v) is 6.76. The van der Waals surface area contributed by atoms with Crippen LogP contribution in [0, 0.1) is 0 Å². The smallest absolute Gasteiger partial charge is 0.186 e. The van der Waals surface area contributed by atoms with Gasteiger partial charge in [0.2, 0.25) is 0 Å². The summed E-state index contributed by atoms with van der Waals surface area (Å²) in [5.41, 5.74) is -0.517. The zero-order chi connectivity index (χ0) is 24.9. The highest BCUT2D eigenvalue weighted by molar-refractivity contribution is 8.14. The maximum absolute atomic E-state index is 11.8. The molecule has 13 heteroatoms. The SMILES string of the molecule is CC(=O)[C@@]1(C)CSC(c2ncc(OCCOCCO[C@@H]3OC(CO)[C@@H](O)C(O)[C@@H]3O)cc2O)=N1. The van der Waals surface area contributed by atoms with Crippen LogP contribution in [0.15, 0.2) is 17.3 Å². The van der Waals surface area contributed by atoms with Crippen molar-refractivity contribution in [3.8, 4) is 11.5 Å². The van der Waals surface area contributed by atoms with Gasteiger partial charge in [-0.15, -0.1) is 11.8 Å². The van der Waals surface area contributed by atoms with Gasteiger partial charge >= 0.3 is 0 Å². The Kier molecular flexibility index (Phi) is 9.23. The molecule has 0 aliphatic carbocycles. The van der Waals surface area contributed by atoms with Crippen LogP contribution < -0.4 is 4.74 Å². The minimum Gasteiger partial charge on any atom is -0.505 e. The van der Waals surface area contributed by atoms with Gasteiger partial charge in [-0.2, -0.15) is 0 Å². The van der Waals surface area contributed by atoms with Crippen molar-refractivity contribution in [3.05, 3.63) is 18.0 Å². The number of aliphatic hydroxyl groups excluding tert-OH is 4. The number of thioether (sulfide) groups is 1. The van der Waals surface area contributed by atoms with Crippen LogP contribution in [0.2, 0.25) is 0 Å². The van der Waals surface area contributed by atoms with E-state index in [2.05, 4.69) is 9.98 Å². The maximum atomic E-state index is 11.8. The number of aliphatic hydroxyl groups is 4. The van der Waals surface area contributed by atoms with Crippen LogP contribution in [-0.2, 0) is 19.0 Å². The number of aliphatic imine (C=N–C) groups is 1. The number of rotatable bonds is 11. The van der Waals surface area contributed by atoms with E-state index in [4.69, 9.17) is 24.1 Å². The molecule has 1 aromatic heterocycles. The van der Waals surface area contributed by atoms with E-state index < -0.39 is 42.9 Å². The fraction of sp³-hybridized carbons (Fsp3) is 0.667. The molecular weight excluding hydrogens is 472 g/mol. The fourth-order valence-corrected chi connectivity index (χ4v) is 4.47. The summed E-state index contributed by atoms with van der Waals surface area (Å²) < 4.78 is 21.4. The maximum Gasteiger partial charge on any atom is 0.186 e. The first-order valence-corrected chi connectivity index (χ1v) is 11.7. The van der Waals surface area contributed by atoms with Crippen molar-refractivity contribution < 1.29 is 49.3 Å². The number of aromatic hydroxyl groups is 1. The second kappa shape index (κ2) is 11.7. The summed E-state index contributed by atoms with van der Waals surface area (Å²) in [6.45, 7) is 3.22. The first kappa shape index (κ1) is 26.8. The van der Waals surface area contributed by atoms with Gasteiger partial charge in [-0.25, -0.2) is 4.98 Å². The van der Waals surface area contributed by atoms with E-state index in [9.17, 15) is 25.2 Å². The molecule has 1 aromatic rings. The van der Waals surface area contributed by atoms with E-state index >= 15 is 0 Å². The Hall–Kier alpha value is -1.84. The van der Waals surface area contributed by atoms with Gasteiger partial charge < -0.3 is 44.5 Å². The van der Waals surface area contributed by atoms with Crippen molar-refractivity contribution in [2.75, 3.05) is 38.8 Å². The van der Waals surface area contributed by atoms with Gasteiger partial charge in [0.15, 0.2) is 12.1 Å². The molecule has 0 amide bonds. The molecule has 6 atom stereocenters. The molecule has 2 aliphatic heterocycles. The summed E-state index contributed by atoms with van der Waals surface area (Å²) in [6.07, 6.45) is -5.20. The standard InChI is InChI=1S/C21H30N2O10S/c1-11(25)21(2)10-34-19(23-21)15-13(26)7-12(8-22-15)31-5-3-30-4-6-32-20-18(29)17(28)16(27)14(9-24)33-20/h7-8,14,16-18,20,24,26-29H,3-6,9-10H2,1-2H3/t14?,16-,17?,18+,20-,21-/m1/s1. The average Bonchev–Trinajstić information content (AvgIpc) is 3.21. The van der Waals surface area contributed by atoms with Crippen LogP contribution in [0.4, 0.5) is 0 Å². The van der Waals surface area contributed by atoms with Gasteiger partial charge in [0.25, 0.3) is 0 Å². The van der Waals surface area contributed by atoms with Gasteiger partial charge in [0, 0.05) is 11.8 Å². The monoisotopic (exact) mass is 502 g/mol. The van der Waals surface area contributed by atoms with Crippen LogP contribution in [0.1, 0.15) is 19.5 Å². The zero-order valence-electron chi connectivity index (χ0n) is 18.9. The number of ketones is 1. The molecular formula is C21H30N2O10S. The van der Waals surface area contributed by atoms with E-state index in [1.165, 1.54) is 30.9 Å². The number of Topliss-reactive ketones (excluding diaryl/α,β-unsaturated/α-hetero) is 1. The van der Waals surface area contributed by atoms with Gasteiger partial charge in [-0.1, -0.05) is 0 Å². The first-order valence-electron chi connectivity index (χ1n) is 10.7. The van der Waals surface area contributed by atoms with Crippen LogP contribution in [0.25, 0.3) is 0 Å². The number of ether oxygens (including phenoxy) is 4. The summed E-state index contributed by atoms with van der Waals surface area (Å²) in [6, 6.07) is 1.41. The molecule has 0 aromatic carbocycles. The summed E-state index contributed by atoms with van der Waals surface area (Å²) in [5.74, 6) is 0.674. The Morgan fingerprint density at radius 1 is 1.21 bits per heavy atom. The molecule has 1 fully saturated rings. The second-order valence-electron chi connectivity index (χ2n) is 8.10. The summed E-state index contributed by atoms with van der Waals surface area (Å²) in [7, 11) is 0. The number of hydrogen-bond donors (Lipinski definition) is 5. The number of aromatic nitrogens is 1. The van der Waals surface area contributed by atoms with Gasteiger partial charge in [-0.3, -0.25) is 9.79 Å². The molecule has 0 saturated carbocycles. The zero-order valence-corrected chi connectivity index (χ0v) is 19.7. The highest BCUT2D eigenvalue weighted by Gasteiger charge is 2.44.